The van der Waals surface area contributed by atoms with Gasteiger partial charge in [-0.1, -0.05) is 80.9 Å². The summed E-state index contributed by atoms with van der Waals surface area (Å²) in [5.74, 6) is 1.07. The van der Waals surface area contributed by atoms with Crippen LogP contribution in [0.3, 0.4) is 0 Å². The molecule has 4 aromatic rings. The number of benzene rings is 2. The molecule has 1 aliphatic rings. The van der Waals surface area contributed by atoms with Crippen molar-refractivity contribution in [3.05, 3.63) is 53.3 Å². The van der Waals surface area contributed by atoms with Crippen molar-refractivity contribution in [1.29, 1.82) is 0 Å². The van der Waals surface area contributed by atoms with Gasteiger partial charge in [-0.3, -0.25) is 4.40 Å². The second kappa shape index (κ2) is 7.57. The number of hydrogen-bond donors (Lipinski definition) is 0. The van der Waals surface area contributed by atoms with E-state index in [9.17, 15) is 0 Å². The maximum atomic E-state index is 5.19. The minimum absolute atomic E-state index is 0.0822. The quantitative estimate of drug-likeness (QED) is 0.322. The Kier molecular flexibility index (Phi) is 5.39. The number of rotatable bonds is 2. The molecule has 0 spiro atoms. The predicted molar refractivity (Wildman–Crippen MR) is 138 cm³/mol. The fourth-order valence-electron chi connectivity index (χ4n) is 5.95. The van der Waals surface area contributed by atoms with E-state index in [4.69, 9.17) is 9.97 Å². The van der Waals surface area contributed by atoms with Crippen molar-refractivity contribution < 1.29 is 0 Å². The molecule has 3 nitrogen and oxygen atoms in total. The van der Waals surface area contributed by atoms with Crippen LogP contribution in [0.15, 0.2) is 36.4 Å². The molecular formula is C29H39N3. The van der Waals surface area contributed by atoms with Crippen molar-refractivity contribution in [2.45, 2.75) is 97.8 Å². The van der Waals surface area contributed by atoms with Gasteiger partial charge in [0.25, 0.3) is 0 Å². The molecule has 1 atom stereocenters. The summed E-state index contributed by atoms with van der Waals surface area (Å²) in [6.45, 7) is 20.3. The summed E-state index contributed by atoms with van der Waals surface area (Å²) in [7, 11) is 0. The topological polar surface area (TPSA) is 30.2 Å². The SMILES string of the molecule is CC.CCCC1(C)CC(C)(C)c2cc3c(cc21)nc1c2ccccc2nc(C(C)(C)C)n31. The molecule has 0 bridgehead atoms. The van der Waals surface area contributed by atoms with Gasteiger partial charge < -0.3 is 0 Å². The largest absolute Gasteiger partial charge is 0.279 e. The van der Waals surface area contributed by atoms with Crippen LogP contribution in [0.1, 0.15) is 98.5 Å². The average Bonchev–Trinajstić information content (AvgIpc) is 3.20. The first kappa shape index (κ1) is 22.8. The van der Waals surface area contributed by atoms with Gasteiger partial charge in [0, 0.05) is 10.8 Å². The second-order valence-corrected chi connectivity index (χ2v) is 11.2. The molecule has 2 aromatic carbocycles. The third kappa shape index (κ3) is 3.32. The number of imidazole rings is 1. The molecule has 170 valence electrons. The summed E-state index contributed by atoms with van der Waals surface area (Å²) in [6.07, 6.45) is 3.63. The van der Waals surface area contributed by atoms with Crippen LogP contribution in [-0.2, 0) is 16.2 Å². The molecule has 2 heterocycles. The zero-order chi connectivity index (χ0) is 23.5. The van der Waals surface area contributed by atoms with Crippen LogP contribution >= 0.6 is 0 Å². The van der Waals surface area contributed by atoms with E-state index in [0.717, 1.165) is 27.9 Å². The lowest BCUT2D eigenvalue weighted by Gasteiger charge is -2.27. The van der Waals surface area contributed by atoms with Crippen LogP contribution in [0.25, 0.3) is 27.6 Å². The molecule has 1 unspecified atom stereocenters. The van der Waals surface area contributed by atoms with Crippen molar-refractivity contribution in [1.82, 2.24) is 14.4 Å². The van der Waals surface area contributed by atoms with E-state index in [-0.39, 0.29) is 16.2 Å². The van der Waals surface area contributed by atoms with E-state index < -0.39 is 0 Å². The van der Waals surface area contributed by atoms with Crippen LogP contribution in [0.5, 0.6) is 0 Å². The van der Waals surface area contributed by atoms with Gasteiger partial charge in [-0.05, 0) is 59.1 Å². The van der Waals surface area contributed by atoms with Crippen molar-refractivity contribution in [2.75, 3.05) is 0 Å². The minimum Gasteiger partial charge on any atom is -0.279 e. The zero-order valence-corrected chi connectivity index (χ0v) is 21.4. The summed E-state index contributed by atoms with van der Waals surface area (Å²) in [4.78, 5) is 10.3. The first-order chi connectivity index (χ1) is 15.0. The Balaban J connectivity index is 0.00000119. The summed E-state index contributed by atoms with van der Waals surface area (Å²) in [6, 6.07) is 13.2. The molecule has 1 aliphatic carbocycles. The van der Waals surface area contributed by atoms with E-state index in [1.165, 1.54) is 35.9 Å². The third-order valence-electron chi connectivity index (χ3n) is 7.06. The molecule has 0 saturated heterocycles. The first-order valence-electron chi connectivity index (χ1n) is 12.3. The van der Waals surface area contributed by atoms with Gasteiger partial charge >= 0.3 is 0 Å². The summed E-state index contributed by atoms with van der Waals surface area (Å²) < 4.78 is 2.32. The molecule has 0 saturated carbocycles. The summed E-state index contributed by atoms with van der Waals surface area (Å²) in [5.41, 5.74) is 7.64. The van der Waals surface area contributed by atoms with Crippen LogP contribution in [-0.4, -0.2) is 14.4 Å². The molecular weight excluding hydrogens is 390 g/mol. The molecule has 0 N–H and O–H groups in total. The smallest absolute Gasteiger partial charge is 0.148 e. The van der Waals surface area contributed by atoms with Crippen LogP contribution < -0.4 is 0 Å². The van der Waals surface area contributed by atoms with Crippen molar-refractivity contribution in [3.63, 3.8) is 0 Å². The Labute approximate surface area is 193 Å². The molecule has 3 heteroatoms. The number of hydrogen-bond acceptors (Lipinski definition) is 2. The van der Waals surface area contributed by atoms with Gasteiger partial charge in [0.2, 0.25) is 0 Å². The summed E-state index contributed by atoms with van der Waals surface area (Å²) in [5, 5.41) is 1.12. The Bertz CT molecular complexity index is 1300. The Morgan fingerprint density at radius 1 is 0.938 bits per heavy atom. The lowest BCUT2D eigenvalue weighted by molar-refractivity contribution is 0.352. The van der Waals surface area contributed by atoms with E-state index in [1.807, 2.05) is 13.8 Å². The molecule has 0 amide bonds. The monoisotopic (exact) mass is 429 g/mol. The lowest BCUT2D eigenvalue weighted by atomic mass is 9.77. The standard InChI is InChI=1S/C27H33N3.C2H6/c1-8-13-27(7)16-26(5,6)18-15-22-21(14-19(18)27)28-23-17-11-9-10-12-20(17)29-24(30(22)23)25(2,3)4;1-2/h9-12,14-15H,8,13,16H2,1-7H3;1-2H3. The third-order valence-corrected chi connectivity index (χ3v) is 7.06. The van der Waals surface area contributed by atoms with Crippen LogP contribution in [0.4, 0.5) is 0 Å². The maximum Gasteiger partial charge on any atom is 0.148 e. The number of aromatic nitrogens is 3. The van der Waals surface area contributed by atoms with Crippen molar-refractivity contribution in [3.8, 4) is 0 Å². The maximum absolute atomic E-state index is 5.19. The van der Waals surface area contributed by atoms with Gasteiger partial charge in [-0.15, -0.1) is 0 Å². The fraction of sp³-hybridized carbons (Fsp3) is 0.517. The Morgan fingerprint density at radius 2 is 1.62 bits per heavy atom. The van der Waals surface area contributed by atoms with Crippen LogP contribution in [0, 0.1) is 0 Å². The number of fused-ring (bicyclic) bond motifs is 6. The molecule has 0 aliphatic heterocycles. The molecule has 2 aromatic heterocycles. The summed E-state index contributed by atoms with van der Waals surface area (Å²) >= 11 is 0. The Hall–Kier alpha value is -2.42. The van der Waals surface area contributed by atoms with E-state index in [2.05, 4.69) is 89.3 Å². The molecule has 5 rings (SSSR count). The van der Waals surface area contributed by atoms with Crippen LogP contribution in [0.2, 0.25) is 0 Å². The van der Waals surface area contributed by atoms with Gasteiger partial charge in [0.05, 0.1) is 16.6 Å². The average molecular weight is 430 g/mol. The van der Waals surface area contributed by atoms with E-state index in [1.54, 1.807) is 0 Å². The number of nitrogens with zero attached hydrogens (tertiary/aromatic N) is 3. The fourth-order valence-corrected chi connectivity index (χ4v) is 5.95. The highest BCUT2D eigenvalue weighted by Crippen LogP contribution is 2.52. The first-order valence-corrected chi connectivity index (χ1v) is 12.3. The molecule has 0 fully saturated rings. The molecule has 0 radical (unpaired) electrons. The number of para-hydroxylation sites is 1. The van der Waals surface area contributed by atoms with E-state index in [0.29, 0.717) is 0 Å². The zero-order valence-electron chi connectivity index (χ0n) is 21.4. The molecule has 32 heavy (non-hydrogen) atoms. The highest BCUT2D eigenvalue weighted by molar-refractivity contribution is 5.97. The van der Waals surface area contributed by atoms with Gasteiger partial charge in [-0.2, -0.15) is 0 Å². The van der Waals surface area contributed by atoms with Gasteiger partial charge in [0.1, 0.15) is 11.5 Å². The Morgan fingerprint density at radius 3 is 2.28 bits per heavy atom. The van der Waals surface area contributed by atoms with Gasteiger partial charge in [0.15, 0.2) is 0 Å². The van der Waals surface area contributed by atoms with Gasteiger partial charge in [-0.25, -0.2) is 9.97 Å². The highest BCUT2D eigenvalue weighted by atomic mass is 15.1. The predicted octanol–water partition coefficient (Wildman–Crippen LogP) is 8.10. The highest BCUT2D eigenvalue weighted by Gasteiger charge is 2.44. The van der Waals surface area contributed by atoms with E-state index >= 15 is 0 Å². The minimum atomic E-state index is -0.0822. The normalized spacial score (nSPS) is 19.9. The van der Waals surface area contributed by atoms with Crippen molar-refractivity contribution >= 4 is 27.6 Å². The lowest BCUT2D eigenvalue weighted by Crippen LogP contribution is -2.21. The second-order valence-electron chi connectivity index (χ2n) is 11.2. The van der Waals surface area contributed by atoms with Crippen molar-refractivity contribution in [2.24, 2.45) is 0 Å².